The summed E-state index contributed by atoms with van der Waals surface area (Å²) < 4.78 is 13.1. The molecule has 0 spiro atoms. The maximum Gasteiger partial charge on any atom is 0.335 e. The van der Waals surface area contributed by atoms with Gasteiger partial charge in [-0.05, 0) is 55.3 Å². The van der Waals surface area contributed by atoms with Crippen molar-refractivity contribution in [1.29, 1.82) is 0 Å². The number of imidazole rings is 1. The zero-order chi connectivity index (χ0) is 27.1. The highest BCUT2D eigenvalue weighted by Gasteiger charge is 2.23. The zero-order valence-corrected chi connectivity index (χ0v) is 21.8. The molecule has 2 aromatic heterocycles. The fourth-order valence-electron chi connectivity index (χ4n) is 5.66. The van der Waals surface area contributed by atoms with E-state index in [-0.39, 0.29) is 11.3 Å². The number of rotatable bonds is 6. The maximum absolute atomic E-state index is 11.6. The van der Waals surface area contributed by atoms with Gasteiger partial charge in [0.25, 0.3) is 0 Å². The average molecular weight is 524 g/mol. The molecule has 0 aliphatic heterocycles. The molecule has 0 radical (unpaired) electrons. The Kier molecular flexibility index (Phi) is 6.30. The van der Waals surface area contributed by atoms with Gasteiger partial charge in [0.15, 0.2) is 0 Å². The van der Waals surface area contributed by atoms with Gasteiger partial charge in [0.05, 0.1) is 47.6 Å². The Hall–Kier alpha value is -4.59. The SMILES string of the molecule is COc1cc(O)c(-c2ccc3cc(-c4nc5cc(C(=O)O)ccc5n4C4CCCCC4)ccc3n2)c(OC)c1. The summed E-state index contributed by atoms with van der Waals surface area (Å²) in [5, 5.41) is 21.1. The van der Waals surface area contributed by atoms with Crippen molar-refractivity contribution in [2.45, 2.75) is 38.1 Å². The zero-order valence-electron chi connectivity index (χ0n) is 21.8. The number of hydrogen-bond acceptors (Lipinski definition) is 6. The molecular weight excluding hydrogens is 494 g/mol. The fourth-order valence-corrected chi connectivity index (χ4v) is 5.66. The molecule has 6 rings (SSSR count). The molecule has 8 heteroatoms. The van der Waals surface area contributed by atoms with E-state index < -0.39 is 5.97 Å². The highest BCUT2D eigenvalue weighted by atomic mass is 16.5. The molecule has 198 valence electrons. The van der Waals surface area contributed by atoms with E-state index in [4.69, 9.17) is 19.4 Å². The minimum Gasteiger partial charge on any atom is -0.507 e. The summed E-state index contributed by atoms with van der Waals surface area (Å²) in [6.07, 6.45) is 5.72. The van der Waals surface area contributed by atoms with Gasteiger partial charge in [0.1, 0.15) is 23.1 Å². The Morgan fingerprint density at radius 3 is 2.46 bits per heavy atom. The van der Waals surface area contributed by atoms with Gasteiger partial charge in [0, 0.05) is 29.1 Å². The molecule has 1 aliphatic rings. The molecule has 2 N–H and O–H groups in total. The number of aromatic hydroxyl groups is 1. The second-order valence-electron chi connectivity index (χ2n) is 9.93. The monoisotopic (exact) mass is 523 g/mol. The molecule has 0 bridgehead atoms. The number of carboxylic acids is 1. The molecule has 0 saturated heterocycles. The summed E-state index contributed by atoms with van der Waals surface area (Å²) in [5.74, 6) is 0.862. The molecule has 3 aromatic carbocycles. The molecule has 8 nitrogen and oxygen atoms in total. The lowest BCUT2D eigenvalue weighted by Crippen LogP contribution is -2.14. The Morgan fingerprint density at radius 2 is 1.72 bits per heavy atom. The third kappa shape index (κ3) is 4.41. The first-order chi connectivity index (χ1) is 19.0. The average Bonchev–Trinajstić information content (AvgIpc) is 3.35. The number of ether oxygens (including phenoxy) is 2. The highest BCUT2D eigenvalue weighted by Crippen LogP contribution is 2.41. The van der Waals surface area contributed by atoms with E-state index in [1.54, 1.807) is 31.4 Å². The fraction of sp³-hybridized carbons (Fsp3) is 0.258. The normalized spacial score (nSPS) is 14.1. The summed E-state index contributed by atoms with van der Waals surface area (Å²) in [6.45, 7) is 0. The van der Waals surface area contributed by atoms with Crippen molar-refractivity contribution >= 4 is 27.9 Å². The van der Waals surface area contributed by atoms with Gasteiger partial charge in [-0.1, -0.05) is 25.3 Å². The number of nitrogens with zero attached hydrogens (tertiary/aromatic N) is 3. The second-order valence-corrected chi connectivity index (χ2v) is 9.93. The summed E-state index contributed by atoms with van der Waals surface area (Å²) >= 11 is 0. The Labute approximate surface area is 225 Å². The van der Waals surface area contributed by atoms with Crippen LogP contribution in [0.4, 0.5) is 0 Å². The Bertz CT molecular complexity index is 1720. The van der Waals surface area contributed by atoms with E-state index in [0.29, 0.717) is 34.3 Å². The maximum atomic E-state index is 11.6. The van der Waals surface area contributed by atoms with Crippen LogP contribution in [0.5, 0.6) is 17.2 Å². The third-order valence-corrected chi connectivity index (χ3v) is 7.59. The standard InChI is InChI=1S/C31H29N3O5/c1-38-22-16-27(35)29(28(17-22)39-2)24-12-8-18-14-19(9-11-23(18)32-24)30-33-25-15-20(31(36)37)10-13-26(25)34(30)21-6-4-3-5-7-21/h8-17,21,35H,3-7H2,1-2H3,(H,36,37). The van der Waals surface area contributed by atoms with E-state index in [9.17, 15) is 15.0 Å². The number of phenolic OH excluding ortho intramolecular Hbond substituents is 1. The van der Waals surface area contributed by atoms with Gasteiger partial charge in [-0.15, -0.1) is 0 Å². The number of hydrogen-bond donors (Lipinski definition) is 2. The summed E-state index contributed by atoms with van der Waals surface area (Å²) in [7, 11) is 3.08. The minimum absolute atomic E-state index is 0.0246. The van der Waals surface area contributed by atoms with Gasteiger partial charge in [-0.2, -0.15) is 0 Å². The van der Waals surface area contributed by atoms with Gasteiger partial charge in [-0.3, -0.25) is 0 Å². The molecule has 5 aromatic rings. The Morgan fingerprint density at radius 1 is 0.897 bits per heavy atom. The van der Waals surface area contributed by atoms with Crippen molar-refractivity contribution in [1.82, 2.24) is 14.5 Å². The van der Waals surface area contributed by atoms with Gasteiger partial charge < -0.3 is 24.3 Å². The molecular formula is C31H29N3O5. The molecule has 0 atom stereocenters. The molecule has 39 heavy (non-hydrogen) atoms. The van der Waals surface area contributed by atoms with Crippen molar-refractivity contribution < 1.29 is 24.5 Å². The van der Waals surface area contributed by atoms with Crippen LogP contribution in [0.2, 0.25) is 0 Å². The lowest BCUT2D eigenvalue weighted by Gasteiger charge is -2.25. The molecule has 0 unspecified atom stereocenters. The minimum atomic E-state index is -0.960. The topological polar surface area (TPSA) is 107 Å². The van der Waals surface area contributed by atoms with Gasteiger partial charge in [-0.25, -0.2) is 14.8 Å². The first-order valence-corrected chi connectivity index (χ1v) is 13.1. The van der Waals surface area contributed by atoms with Crippen molar-refractivity contribution in [2.24, 2.45) is 0 Å². The third-order valence-electron chi connectivity index (χ3n) is 7.59. The quantitative estimate of drug-likeness (QED) is 0.251. The summed E-state index contributed by atoms with van der Waals surface area (Å²) in [5.41, 5.74) is 4.67. The van der Waals surface area contributed by atoms with Crippen molar-refractivity contribution in [3.63, 3.8) is 0 Å². The largest absolute Gasteiger partial charge is 0.507 e. The number of methoxy groups -OCH3 is 2. The van der Waals surface area contributed by atoms with Crippen LogP contribution in [0.25, 0.3) is 44.6 Å². The van der Waals surface area contributed by atoms with Crippen molar-refractivity contribution in [2.75, 3.05) is 14.2 Å². The summed E-state index contributed by atoms with van der Waals surface area (Å²) in [6, 6.07) is 18.6. The number of aromatic nitrogens is 3. The van der Waals surface area contributed by atoms with Crippen LogP contribution in [0.1, 0.15) is 48.5 Å². The van der Waals surface area contributed by atoms with E-state index in [0.717, 1.165) is 40.6 Å². The van der Waals surface area contributed by atoms with E-state index in [1.165, 1.54) is 26.4 Å². The van der Waals surface area contributed by atoms with Crippen LogP contribution < -0.4 is 9.47 Å². The van der Waals surface area contributed by atoms with E-state index >= 15 is 0 Å². The number of carboxylic acid groups (broad SMARTS) is 1. The number of carbonyl (C=O) groups is 1. The molecule has 0 amide bonds. The van der Waals surface area contributed by atoms with Crippen LogP contribution in [-0.4, -0.2) is 44.9 Å². The molecule has 1 saturated carbocycles. The highest BCUT2D eigenvalue weighted by molar-refractivity contribution is 5.94. The smallest absolute Gasteiger partial charge is 0.335 e. The van der Waals surface area contributed by atoms with Crippen LogP contribution in [0.3, 0.4) is 0 Å². The molecule has 1 fully saturated rings. The summed E-state index contributed by atoms with van der Waals surface area (Å²) in [4.78, 5) is 21.4. The number of benzene rings is 3. The lowest BCUT2D eigenvalue weighted by atomic mass is 9.94. The number of fused-ring (bicyclic) bond motifs is 2. The van der Waals surface area contributed by atoms with Crippen LogP contribution in [0.15, 0.2) is 60.7 Å². The van der Waals surface area contributed by atoms with Crippen LogP contribution >= 0.6 is 0 Å². The molecule has 2 heterocycles. The Balaban J connectivity index is 1.46. The van der Waals surface area contributed by atoms with E-state index in [1.807, 2.05) is 30.3 Å². The van der Waals surface area contributed by atoms with Gasteiger partial charge >= 0.3 is 5.97 Å². The number of aromatic carboxylic acids is 1. The first-order valence-electron chi connectivity index (χ1n) is 13.1. The predicted octanol–water partition coefficient (Wildman–Crippen LogP) is 6.84. The second kappa shape index (κ2) is 9.94. The predicted molar refractivity (Wildman–Crippen MR) is 150 cm³/mol. The van der Waals surface area contributed by atoms with Crippen molar-refractivity contribution in [3.05, 3.63) is 66.2 Å². The van der Waals surface area contributed by atoms with Gasteiger partial charge in [0.2, 0.25) is 0 Å². The first kappa shape index (κ1) is 24.7. The number of pyridine rings is 1. The lowest BCUT2D eigenvalue weighted by molar-refractivity contribution is 0.0697. The van der Waals surface area contributed by atoms with Crippen LogP contribution in [0, 0.1) is 0 Å². The number of phenols is 1. The van der Waals surface area contributed by atoms with Crippen LogP contribution in [-0.2, 0) is 0 Å². The molecule has 1 aliphatic carbocycles. The van der Waals surface area contributed by atoms with E-state index in [2.05, 4.69) is 10.6 Å². The van der Waals surface area contributed by atoms with Crippen molar-refractivity contribution in [3.8, 4) is 39.9 Å².